The Hall–Kier alpha value is 0.0300. The highest BCUT2D eigenvalue weighted by molar-refractivity contribution is 6.17. The van der Waals surface area contributed by atoms with Crippen molar-refractivity contribution >= 4 is 11.6 Å². The van der Waals surface area contributed by atoms with Gasteiger partial charge in [0.05, 0.1) is 0 Å². The van der Waals surface area contributed by atoms with Gasteiger partial charge >= 0.3 is 0 Å². The molecule has 0 heterocycles. The molecule has 0 aliphatic carbocycles. The van der Waals surface area contributed by atoms with Crippen LogP contribution in [-0.4, -0.2) is 5.88 Å². The van der Waals surface area contributed by atoms with E-state index in [1.807, 2.05) is 0 Å². The van der Waals surface area contributed by atoms with Gasteiger partial charge in [-0.3, -0.25) is 0 Å². The van der Waals surface area contributed by atoms with Crippen molar-refractivity contribution in [2.45, 2.75) is 64.7 Å². The van der Waals surface area contributed by atoms with E-state index in [-0.39, 0.29) is 0 Å². The topological polar surface area (TPSA) is 0 Å². The van der Waals surface area contributed by atoms with Crippen LogP contribution in [0.4, 0.5) is 0 Å². The van der Waals surface area contributed by atoms with Gasteiger partial charge in [-0.25, -0.2) is 0 Å². The van der Waals surface area contributed by atoms with Crippen molar-refractivity contribution in [2.75, 3.05) is 5.88 Å². The van der Waals surface area contributed by atoms with E-state index in [1.165, 1.54) is 57.8 Å². The number of halogens is 1. The van der Waals surface area contributed by atoms with Gasteiger partial charge in [0.2, 0.25) is 0 Å². The molecule has 0 saturated heterocycles. The first-order chi connectivity index (χ1) is 6.91. The highest BCUT2D eigenvalue weighted by Gasteiger charge is 1.87. The predicted molar refractivity (Wildman–Crippen MR) is 67.1 cm³/mol. The monoisotopic (exact) mass is 216 g/mol. The third-order valence-corrected chi connectivity index (χ3v) is 2.66. The normalized spacial score (nSPS) is 11.3. The molecule has 0 unspecified atom stereocenters. The molecule has 0 aromatic carbocycles. The smallest absolute Gasteiger partial charge is 0.0223 e. The second-order valence-electron chi connectivity index (χ2n) is 3.86. The molecule has 0 aromatic heterocycles. The van der Waals surface area contributed by atoms with Crippen LogP contribution in [0.3, 0.4) is 0 Å². The lowest BCUT2D eigenvalue weighted by Crippen LogP contribution is -1.78. The lowest BCUT2D eigenvalue weighted by molar-refractivity contribution is 0.674. The largest absolute Gasteiger partial charge is 0.127 e. The van der Waals surface area contributed by atoms with Crippen LogP contribution in [0.15, 0.2) is 12.2 Å². The van der Waals surface area contributed by atoms with E-state index in [2.05, 4.69) is 19.1 Å². The highest BCUT2D eigenvalue weighted by atomic mass is 35.5. The maximum Gasteiger partial charge on any atom is 0.0223 e. The van der Waals surface area contributed by atoms with Crippen molar-refractivity contribution in [1.29, 1.82) is 0 Å². The fraction of sp³-hybridized carbons (Fsp3) is 0.846. The third-order valence-electron chi connectivity index (χ3n) is 2.40. The van der Waals surface area contributed by atoms with Crippen LogP contribution in [-0.2, 0) is 0 Å². The van der Waals surface area contributed by atoms with Gasteiger partial charge in [0.1, 0.15) is 0 Å². The maximum atomic E-state index is 5.60. The molecule has 0 fully saturated rings. The molecule has 0 atom stereocenters. The van der Waals surface area contributed by atoms with Crippen LogP contribution in [0, 0.1) is 0 Å². The van der Waals surface area contributed by atoms with Gasteiger partial charge in [0.15, 0.2) is 0 Å². The highest BCUT2D eigenvalue weighted by Crippen LogP contribution is 2.05. The summed E-state index contributed by atoms with van der Waals surface area (Å²) in [6.07, 6.45) is 16.4. The Morgan fingerprint density at radius 3 is 1.93 bits per heavy atom. The van der Waals surface area contributed by atoms with Crippen molar-refractivity contribution in [3.05, 3.63) is 12.2 Å². The number of rotatable bonds is 10. The summed E-state index contributed by atoms with van der Waals surface area (Å²) in [5.41, 5.74) is 0. The maximum absolute atomic E-state index is 5.60. The molecule has 0 aliphatic heterocycles. The van der Waals surface area contributed by atoms with E-state index in [9.17, 15) is 0 Å². The first-order valence-electron chi connectivity index (χ1n) is 6.12. The lowest BCUT2D eigenvalue weighted by atomic mass is 10.1. The van der Waals surface area contributed by atoms with Crippen molar-refractivity contribution in [2.24, 2.45) is 0 Å². The van der Waals surface area contributed by atoms with Crippen LogP contribution in [0.2, 0.25) is 0 Å². The summed E-state index contributed by atoms with van der Waals surface area (Å²) < 4.78 is 0. The minimum absolute atomic E-state index is 0.826. The molecule has 0 N–H and O–H groups in total. The number of allylic oxidation sites excluding steroid dienone is 2. The summed E-state index contributed by atoms with van der Waals surface area (Å²) in [5.74, 6) is 0.826. The number of alkyl halides is 1. The zero-order chi connectivity index (χ0) is 10.5. The molecular formula is C13H25Cl. The van der Waals surface area contributed by atoms with E-state index in [4.69, 9.17) is 11.6 Å². The van der Waals surface area contributed by atoms with Crippen LogP contribution in [0.5, 0.6) is 0 Å². The molecule has 0 aliphatic rings. The fourth-order valence-electron chi connectivity index (χ4n) is 1.46. The minimum Gasteiger partial charge on any atom is -0.127 e. The summed E-state index contributed by atoms with van der Waals surface area (Å²) in [5, 5.41) is 0. The molecule has 0 spiro atoms. The van der Waals surface area contributed by atoms with Gasteiger partial charge in [-0.15, -0.1) is 11.6 Å². The summed E-state index contributed by atoms with van der Waals surface area (Å²) in [4.78, 5) is 0. The van der Waals surface area contributed by atoms with E-state index in [0.717, 1.165) is 5.88 Å². The first-order valence-corrected chi connectivity index (χ1v) is 6.66. The van der Waals surface area contributed by atoms with Gasteiger partial charge in [-0.2, -0.15) is 0 Å². The van der Waals surface area contributed by atoms with Crippen LogP contribution >= 0.6 is 11.6 Å². The van der Waals surface area contributed by atoms with E-state index in [1.54, 1.807) is 0 Å². The summed E-state index contributed by atoms with van der Waals surface area (Å²) in [6, 6.07) is 0. The molecule has 0 amide bonds. The Labute approximate surface area is 94.7 Å². The summed E-state index contributed by atoms with van der Waals surface area (Å²) in [6.45, 7) is 2.25. The van der Waals surface area contributed by atoms with Gasteiger partial charge in [0.25, 0.3) is 0 Å². The van der Waals surface area contributed by atoms with Crippen molar-refractivity contribution in [3.8, 4) is 0 Å². The molecule has 1 heteroatoms. The minimum atomic E-state index is 0.826. The Morgan fingerprint density at radius 2 is 1.36 bits per heavy atom. The molecule has 84 valence electrons. The molecule has 14 heavy (non-hydrogen) atoms. The van der Waals surface area contributed by atoms with E-state index < -0.39 is 0 Å². The fourth-order valence-corrected chi connectivity index (χ4v) is 1.65. The van der Waals surface area contributed by atoms with Crippen molar-refractivity contribution < 1.29 is 0 Å². The second kappa shape index (κ2) is 13.0. The SMILES string of the molecule is CCCCC/C=C/CCCCCCCl. The van der Waals surface area contributed by atoms with E-state index >= 15 is 0 Å². The molecule has 0 saturated carbocycles. The second-order valence-corrected chi connectivity index (χ2v) is 4.24. The average Bonchev–Trinajstić information content (AvgIpc) is 2.21. The van der Waals surface area contributed by atoms with Crippen molar-refractivity contribution in [1.82, 2.24) is 0 Å². The molecular weight excluding hydrogens is 192 g/mol. The third kappa shape index (κ3) is 12.0. The molecule has 0 bridgehead atoms. The van der Waals surface area contributed by atoms with Gasteiger partial charge in [0, 0.05) is 5.88 Å². The Bertz CT molecular complexity index is 118. The Balaban J connectivity index is 2.96. The Kier molecular flexibility index (Phi) is 13.1. The molecule has 0 aromatic rings. The number of hydrogen-bond donors (Lipinski definition) is 0. The molecule has 0 radical (unpaired) electrons. The van der Waals surface area contributed by atoms with Crippen molar-refractivity contribution in [3.63, 3.8) is 0 Å². The quantitative estimate of drug-likeness (QED) is 0.264. The zero-order valence-corrected chi connectivity index (χ0v) is 10.4. The summed E-state index contributed by atoms with van der Waals surface area (Å²) in [7, 11) is 0. The zero-order valence-electron chi connectivity index (χ0n) is 9.60. The molecule has 0 nitrogen and oxygen atoms in total. The molecule has 0 rings (SSSR count). The van der Waals surface area contributed by atoms with Crippen LogP contribution in [0.1, 0.15) is 64.7 Å². The Morgan fingerprint density at radius 1 is 0.786 bits per heavy atom. The van der Waals surface area contributed by atoms with Gasteiger partial charge in [-0.05, 0) is 32.1 Å². The first kappa shape index (κ1) is 14.0. The van der Waals surface area contributed by atoms with Crippen LogP contribution < -0.4 is 0 Å². The average molecular weight is 217 g/mol. The van der Waals surface area contributed by atoms with Gasteiger partial charge in [-0.1, -0.05) is 44.8 Å². The standard InChI is InChI=1S/C13H25Cl/c1-2-3-4-5-6-7-8-9-10-11-12-13-14/h6-7H,2-5,8-13H2,1H3/b7-6+. The lowest BCUT2D eigenvalue weighted by Gasteiger charge is -1.95. The number of hydrogen-bond acceptors (Lipinski definition) is 0. The van der Waals surface area contributed by atoms with Gasteiger partial charge < -0.3 is 0 Å². The van der Waals surface area contributed by atoms with Crippen LogP contribution in [0.25, 0.3) is 0 Å². The summed E-state index contributed by atoms with van der Waals surface area (Å²) >= 11 is 5.60. The van der Waals surface area contributed by atoms with E-state index in [0.29, 0.717) is 0 Å². The predicted octanol–water partition coefficient (Wildman–Crippen LogP) is 5.31. The number of unbranched alkanes of at least 4 members (excludes halogenated alkanes) is 7.